The summed E-state index contributed by atoms with van der Waals surface area (Å²) in [6.45, 7) is 6.69. The summed E-state index contributed by atoms with van der Waals surface area (Å²) in [5.74, 6) is 0.514. The van der Waals surface area contributed by atoms with E-state index in [1.165, 1.54) is 48.8 Å². The number of hydrogen-bond acceptors (Lipinski definition) is 1. The van der Waals surface area contributed by atoms with Gasteiger partial charge in [0.05, 0.1) is 0 Å². The fraction of sp³-hybridized carbons (Fsp3) is 0.667. The van der Waals surface area contributed by atoms with Gasteiger partial charge in [0.25, 0.3) is 0 Å². The second-order valence-corrected chi connectivity index (χ2v) is 5.51. The van der Waals surface area contributed by atoms with Crippen molar-refractivity contribution in [2.75, 3.05) is 0 Å². The smallest absolute Gasteiger partial charge is 0.119 e. The summed E-state index contributed by atoms with van der Waals surface area (Å²) >= 11 is 0. The highest BCUT2D eigenvalue weighted by Gasteiger charge is 2.11. The molecule has 1 rings (SSSR count). The van der Waals surface area contributed by atoms with Crippen molar-refractivity contribution in [3.05, 3.63) is 28.8 Å². The van der Waals surface area contributed by atoms with Gasteiger partial charge >= 0.3 is 0 Å². The molecule has 0 fully saturated rings. The van der Waals surface area contributed by atoms with Gasteiger partial charge in [0.2, 0.25) is 0 Å². The van der Waals surface area contributed by atoms with E-state index in [-0.39, 0.29) is 0 Å². The van der Waals surface area contributed by atoms with E-state index < -0.39 is 0 Å². The van der Waals surface area contributed by atoms with Crippen LogP contribution in [0.1, 0.15) is 76.0 Å². The third-order valence-corrected chi connectivity index (χ3v) is 3.80. The van der Waals surface area contributed by atoms with Crippen LogP contribution in [0.3, 0.4) is 0 Å². The van der Waals surface area contributed by atoms with E-state index in [0.29, 0.717) is 5.75 Å². The molecule has 0 unspecified atom stereocenters. The van der Waals surface area contributed by atoms with E-state index in [2.05, 4.69) is 26.8 Å². The standard InChI is InChI=1S/C18H30O/c1-4-7-8-9-12-17-16(11-6-3)15(10-5-2)13-14-18(17)19/h13-14,19H,4-12H2,1-3H3. The zero-order chi connectivity index (χ0) is 14.1. The first kappa shape index (κ1) is 16.1. The summed E-state index contributed by atoms with van der Waals surface area (Å²) in [5, 5.41) is 10.2. The number of phenols is 1. The van der Waals surface area contributed by atoms with Crippen LogP contribution >= 0.6 is 0 Å². The minimum atomic E-state index is 0.514. The molecule has 0 aliphatic heterocycles. The average Bonchev–Trinajstić information content (AvgIpc) is 2.41. The maximum Gasteiger partial charge on any atom is 0.119 e. The van der Waals surface area contributed by atoms with Crippen molar-refractivity contribution >= 4 is 0 Å². The van der Waals surface area contributed by atoms with Gasteiger partial charge in [-0.25, -0.2) is 0 Å². The van der Waals surface area contributed by atoms with Crippen LogP contribution in [0.25, 0.3) is 0 Å². The molecule has 1 heteroatoms. The van der Waals surface area contributed by atoms with Crippen molar-refractivity contribution in [2.45, 2.75) is 78.6 Å². The molecule has 0 aliphatic rings. The summed E-state index contributed by atoms with van der Waals surface area (Å²) in [5.41, 5.74) is 4.11. The average molecular weight is 262 g/mol. The highest BCUT2D eigenvalue weighted by atomic mass is 16.3. The van der Waals surface area contributed by atoms with Crippen LogP contribution in [0, 0.1) is 0 Å². The van der Waals surface area contributed by atoms with E-state index in [9.17, 15) is 5.11 Å². The number of phenolic OH excluding ortho intramolecular Hbond substituents is 1. The number of aryl methyl sites for hydroxylation is 1. The van der Waals surface area contributed by atoms with Crippen LogP contribution in [0.5, 0.6) is 5.75 Å². The van der Waals surface area contributed by atoms with Crippen LogP contribution in [0.2, 0.25) is 0 Å². The second-order valence-electron chi connectivity index (χ2n) is 5.51. The van der Waals surface area contributed by atoms with E-state index in [1.807, 2.05) is 6.07 Å². The van der Waals surface area contributed by atoms with Crippen LogP contribution in [0.15, 0.2) is 12.1 Å². The fourth-order valence-corrected chi connectivity index (χ4v) is 2.80. The normalized spacial score (nSPS) is 10.9. The Kier molecular flexibility index (Phi) is 7.62. The monoisotopic (exact) mass is 262 g/mol. The largest absolute Gasteiger partial charge is 0.508 e. The predicted molar refractivity (Wildman–Crippen MR) is 83.9 cm³/mol. The first-order chi connectivity index (χ1) is 9.24. The molecule has 0 bridgehead atoms. The lowest BCUT2D eigenvalue weighted by atomic mass is 9.91. The van der Waals surface area contributed by atoms with Gasteiger partial charge in [-0.05, 0) is 48.4 Å². The quantitative estimate of drug-likeness (QED) is 0.589. The maximum atomic E-state index is 10.2. The molecule has 0 aliphatic carbocycles. The lowest BCUT2D eigenvalue weighted by molar-refractivity contribution is 0.464. The van der Waals surface area contributed by atoms with E-state index in [4.69, 9.17) is 0 Å². The third kappa shape index (κ3) is 4.89. The van der Waals surface area contributed by atoms with Gasteiger partial charge in [-0.15, -0.1) is 0 Å². The Bertz CT molecular complexity index is 368. The molecule has 1 N–H and O–H groups in total. The Balaban J connectivity index is 2.87. The Morgan fingerprint density at radius 2 is 1.47 bits per heavy atom. The topological polar surface area (TPSA) is 20.2 Å². The molecular weight excluding hydrogens is 232 g/mol. The van der Waals surface area contributed by atoms with Gasteiger partial charge in [-0.1, -0.05) is 58.9 Å². The zero-order valence-corrected chi connectivity index (χ0v) is 13.0. The fourth-order valence-electron chi connectivity index (χ4n) is 2.80. The van der Waals surface area contributed by atoms with Gasteiger partial charge in [0, 0.05) is 0 Å². The third-order valence-electron chi connectivity index (χ3n) is 3.80. The lowest BCUT2D eigenvalue weighted by Gasteiger charge is -2.16. The molecule has 1 nitrogen and oxygen atoms in total. The van der Waals surface area contributed by atoms with Crippen molar-refractivity contribution in [2.24, 2.45) is 0 Å². The summed E-state index contributed by atoms with van der Waals surface area (Å²) < 4.78 is 0. The molecule has 19 heavy (non-hydrogen) atoms. The molecule has 0 heterocycles. The van der Waals surface area contributed by atoms with Gasteiger partial charge in [0.15, 0.2) is 0 Å². The van der Waals surface area contributed by atoms with Crippen LogP contribution in [0.4, 0.5) is 0 Å². The number of aromatic hydroxyl groups is 1. The van der Waals surface area contributed by atoms with Crippen LogP contribution in [-0.4, -0.2) is 5.11 Å². The van der Waals surface area contributed by atoms with Gasteiger partial charge in [0.1, 0.15) is 5.75 Å². The lowest BCUT2D eigenvalue weighted by Crippen LogP contribution is -2.01. The zero-order valence-electron chi connectivity index (χ0n) is 13.0. The van der Waals surface area contributed by atoms with Crippen LogP contribution < -0.4 is 0 Å². The van der Waals surface area contributed by atoms with Crippen LogP contribution in [-0.2, 0) is 19.3 Å². The molecule has 0 atom stereocenters. The Hall–Kier alpha value is -0.980. The highest BCUT2D eigenvalue weighted by Crippen LogP contribution is 2.28. The SMILES string of the molecule is CCCCCCc1c(O)ccc(CCC)c1CCC. The van der Waals surface area contributed by atoms with E-state index in [0.717, 1.165) is 25.7 Å². The summed E-state index contributed by atoms with van der Waals surface area (Å²) in [7, 11) is 0. The molecule has 0 saturated carbocycles. The molecule has 0 aromatic heterocycles. The van der Waals surface area contributed by atoms with Gasteiger partial charge in [-0.3, -0.25) is 0 Å². The van der Waals surface area contributed by atoms with Gasteiger partial charge in [-0.2, -0.15) is 0 Å². The molecule has 0 radical (unpaired) electrons. The van der Waals surface area contributed by atoms with E-state index >= 15 is 0 Å². The van der Waals surface area contributed by atoms with Crippen molar-refractivity contribution in [3.63, 3.8) is 0 Å². The number of benzene rings is 1. The molecule has 1 aromatic carbocycles. The van der Waals surface area contributed by atoms with Gasteiger partial charge < -0.3 is 5.11 Å². The Morgan fingerprint density at radius 1 is 0.737 bits per heavy atom. The van der Waals surface area contributed by atoms with Crippen molar-refractivity contribution in [1.29, 1.82) is 0 Å². The molecule has 0 amide bonds. The minimum Gasteiger partial charge on any atom is -0.508 e. The summed E-state index contributed by atoms with van der Waals surface area (Å²) in [4.78, 5) is 0. The van der Waals surface area contributed by atoms with Crippen molar-refractivity contribution in [3.8, 4) is 5.75 Å². The number of hydrogen-bond donors (Lipinski definition) is 1. The molecule has 0 saturated heterocycles. The molecule has 0 spiro atoms. The number of rotatable bonds is 9. The predicted octanol–water partition coefficient (Wildman–Crippen LogP) is 5.42. The highest BCUT2D eigenvalue weighted by molar-refractivity contribution is 5.45. The Morgan fingerprint density at radius 3 is 2.11 bits per heavy atom. The molecular formula is C18H30O. The second kappa shape index (κ2) is 9.01. The molecule has 108 valence electrons. The van der Waals surface area contributed by atoms with Crippen molar-refractivity contribution < 1.29 is 5.11 Å². The first-order valence-corrected chi connectivity index (χ1v) is 8.07. The first-order valence-electron chi connectivity index (χ1n) is 8.07. The van der Waals surface area contributed by atoms with Crippen molar-refractivity contribution in [1.82, 2.24) is 0 Å². The van der Waals surface area contributed by atoms with E-state index in [1.54, 1.807) is 0 Å². The minimum absolute atomic E-state index is 0.514. The summed E-state index contributed by atoms with van der Waals surface area (Å²) in [6.07, 6.45) is 10.7. The molecule has 1 aromatic rings. The number of unbranched alkanes of at least 4 members (excludes halogenated alkanes) is 3. The Labute approximate surface area is 119 Å². The maximum absolute atomic E-state index is 10.2. The summed E-state index contributed by atoms with van der Waals surface area (Å²) in [6, 6.07) is 4.03.